The quantitative estimate of drug-likeness (QED) is 0.611. The van der Waals surface area contributed by atoms with Crippen LogP contribution in [0.4, 0.5) is 11.5 Å². The number of para-hydroxylation sites is 1. The predicted octanol–water partition coefficient (Wildman–Crippen LogP) is 2.61. The molecule has 3 rings (SSSR count). The monoisotopic (exact) mass is 418 g/mol. The maximum Gasteiger partial charge on any atom is 0.278 e. The minimum Gasteiger partial charge on any atom is -0.382 e. The molecule has 0 spiro atoms. The van der Waals surface area contributed by atoms with E-state index in [1.54, 1.807) is 42.3 Å². The number of anilines is 2. The number of nitrogen functional groups attached to an aromatic ring is 1. The first-order valence-corrected chi connectivity index (χ1v) is 9.84. The van der Waals surface area contributed by atoms with Gasteiger partial charge in [-0.3, -0.25) is 9.59 Å². The molecule has 8 nitrogen and oxygen atoms in total. The van der Waals surface area contributed by atoms with Gasteiger partial charge >= 0.3 is 0 Å². The summed E-state index contributed by atoms with van der Waals surface area (Å²) in [7, 11) is 5.70. The molecule has 3 N–H and O–H groups in total. The normalized spacial score (nSPS) is 10.7. The zero-order chi connectivity index (χ0) is 22.4. The number of amides is 2. The molecule has 0 aliphatic carbocycles. The summed E-state index contributed by atoms with van der Waals surface area (Å²) >= 11 is 0. The number of nitrogens with two attached hydrogens (primary N) is 1. The summed E-state index contributed by atoms with van der Waals surface area (Å²) in [5.74, 6) is -0.504. The maximum atomic E-state index is 12.8. The molecule has 0 bridgehead atoms. The van der Waals surface area contributed by atoms with E-state index in [1.165, 1.54) is 6.20 Å². The Bertz CT molecular complexity index is 1070. The van der Waals surface area contributed by atoms with Crippen LogP contribution in [0.2, 0.25) is 0 Å². The summed E-state index contributed by atoms with van der Waals surface area (Å²) in [6, 6.07) is 16.1. The first kappa shape index (κ1) is 21.9. The lowest BCUT2D eigenvalue weighted by Gasteiger charge is -2.20. The van der Waals surface area contributed by atoms with E-state index in [1.807, 2.05) is 43.3 Å². The number of hydrogen-bond acceptors (Lipinski definition) is 6. The lowest BCUT2D eigenvalue weighted by molar-refractivity contribution is 0.0786. The fourth-order valence-electron chi connectivity index (χ4n) is 2.90. The number of hydrogen-bond donors (Lipinski definition) is 2. The smallest absolute Gasteiger partial charge is 0.278 e. The summed E-state index contributed by atoms with van der Waals surface area (Å²) in [5, 5.41) is 2.76. The zero-order valence-corrected chi connectivity index (χ0v) is 17.9. The fraction of sp³-hybridized carbons (Fsp3) is 0.217. The van der Waals surface area contributed by atoms with Crippen molar-refractivity contribution in [3.8, 4) is 11.3 Å². The van der Waals surface area contributed by atoms with Gasteiger partial charge in [-0.1, -0.05) is 30.3 Å². The Hall–Kier alpha value is -3.78. The molecule has 0 unspecified atom stereocenters. The van der Waals surface area contributed by atoms with Crippen LogP contribution in [-0.2, 0) is 0 Å². The van der Waals surface area contributed by atoms with Crippen molar-refractivity contribution in [3.05, 3.63) is 72.1 Å². The second-order valence-corrected chi connectivity index (χ2v) is 7.42. The molecule has 0 radical (unpaired) electrons. The van der Waals surface area contributed by atoms with Gasteiger partial charge in [-0.2, -0.15) is 0 Å². The van der Waals surface area contributed by atoms with Crippen LogP contribution in [0.25, 0.3) is 11.3 Å². The van der Waals surface area contributed by atoms with Crippen LogP contribution in [0.1, 0.15) is 20.8 Å². The number of benzene rings is 2. The molecular formula is C23H26N6O2. The van der Waals surface area contributed by atoms with Crippen LogP contribution in [0.3, 0.4) is 0 Å². The SMILES string of the molecule is CN(C)CCN(C)C(=O)c1cccc(-c2cnc(N)c(C(=O)Nc3ccccc3)n2)c1. The second-order valence-electron chi connectivity index (χ2n) is 7.42. The third kappa shape index (κ3) is 5.64. The maximum absolute atomic E-state index is 12.8. The Morgan fingerprint density at radius 1 is 1.00 bits per heavy atom. The van der Waals surface area contributed by atoms with Crippen LogP contribution in [-0.4, -0.2) is 65.8 Å². The Labute approximate surface area is 181 Å². The van der Waals surface area contributed by atoms with Crippen molar-refractivity contribution in [2.24, 2.45) is 0 Å². The molecule has 3 aromatic rings. The van der Waals surface area contributed by atoms with Crippen molar-refractivity contribution in [2.75, 3.05) is 45.3 Å². The molecule has 2 amide bonds. The van der Waals surface area contributed by atoms with E-state index in [0.29, 0.717) is 29.1 Å². The second kappa shape index (κ2) is 9.82. The highest BCUT2D eigenvalue weighted by atomic mass is 16.2. The van der Waals surface area contributed by atoms with Crippen molar-refractivity contribution in [1.29, 1.82) is 0 Å². The van der Waals surface area contributed by atoms with Crippen molar-refractivity contribution >= 4 is 23.3 Å². The van der Waals surface area contributed by atoms with Gasteiger partial charge in [0.15, 0.2) is 11.5 Å². The third-order valence-electron chi connectivity index (χ3n) is 4.68. The standard InChI is InChI=1S/C23H26N6O2/c1-28(2)12-13-29(3)23(31)17-9-7-8-16(14-17)19-15-25-21(24)20(27-19)22(30)26-18-10-5-4-6-11-18/h4-11,14-15H,12-13H2,1-3H3,(H2,24,25)(H,26,30). The van der Waals surface area contributed by atoms with Crippen molar-refractivity contribution in [1.82, 2.24) is 19.8 Å². The number of nitrogens with zero attached hydrogens (tertiary/aromatic N) is 4. The van der Waals surface area contributed by atoms with Crippen molar-refractivity contribution < 1.29 is 9.59 Å². The van der Waals surface area contributed by atoms with E-state index >= 15 is 0 Å². The van der Waals surface area contributed by atoms with E-state index in [2.05, 4.69) is 15.3 Å². The van der Waals surface area contributed by atoms with E-state index in [0.717, 1.165) is 6.54 Å². The molecule has 1 aromatic heterocycles. The fourth-order valence-corrected chi connectivity index (χ4v) is 2.90. The van der Waals surface area contributed by atoms with Crippen molar-refractivity contribution in [3.63, 3.8) is 0 Å². The minimum absolute atomic E-state index is 0.0289. The minimum atomic E-state index is -0.450. The number of likely N-dealkylation sites (N-methyl/N-ethyl adjacent to an activating group) is 2. The summed E-state index contributed by atoms with van der Waals surface area (Å²) < 4.78 is 0. The highest BCUT2D eigenvalue weighted by Crippen LogP contribution is 2.21. The number of carbonyl (C=O) groups is 2. The average molecular weight is 419 g/mol. The van der Waals surface area contributed by atoms with Gasteiger partial charge < -0.3 is 20.9 Å². The topological polar surface area (TPSA) is 104 Å². The van der Waals surface area contributed by atoms with Crippen LogP contribution in [0.5, 0.6) is 0 Å². The first-order chi connectivity index (χ1) is 14.8. The van der Waals surface area contributed by atoms with Crippen LogP contribution >= 0.6 is 0 Å². The molecule has 160 valence electrons. The molecule has 0 aliphatic heterocycles. The Kier molecular flexibility index (Phi) is 6.94. The summed E-state index contributed by atoms with van der Waals surface area (Å²) in [5.41, 5.74) is 8.22. The van der Waals surface area contributed by atoms with E-state index in [-0.39, 0.29) is 17.4 Å². The van der Waals surface area contributed by atoms with Gasteiger partial charge in [-0.25, -0.2) is 9.97 Å². The molecule has 0 aliphatic rings. The third-order valence-corrected chi connectivity index (χ3v) is 4.68. The van der Waals surface area contributed by atoms with Gasteiger partial charge in [0, 0.05) is 37.0 Å². The zero-order valence-electron chi connectivity index (χ0n) is 17.9. The number of rotatable bonds is 7. The molecule has 0 fully saturated rings. The first-order valence-electron chi connectivity index (χ1n) is 9.84. The number of aromatic nitrogens is 2. The average Bonchev–Trinajstić information content (AvgIpc) is 2.78. The molecule has 2 aromatic carbocycles. The Balaban J connectivity index is 1.83. The molecule has 8 heteroatoms. The highest BCUT2D eigenvalue weighted by molar-refractivity contribution is 6.06. The largest absolute Gasteiger partial charge is 0.382 e. The van der Waals surface area contributed by atoms with Gasteiger partial charge in [0.05, 0.1) is 11.9 Å². The predicted molar refractivity (Wildman–Crippen MR) is 122 cm³/mol. The Morgan fingerprint density at radius 2 is 1.74 bits per heavy atom. The van der Waals surface area contributed by atoms with Gasteiger partial charge in [0.2, 0.25) is 0 Å². The van der Waals surface area contributed by atoms with Crippen molar-refractivity contribution in [2.45, 2.75) is 0 Å². The molecule has 1 heterocycles. The number of carbonyl (C=O) groups excluding carboxylic acids is 2. The summed E-state index contributed by atoms with van der Waals surface area (Å²) in [6.45, 7) is 1.38. The Morgan fingerprint density at radius 3 is 2.45 bits per heavy atom. The highest BCUT2D eigenvalue weighted by Gasteiger charge is 2.17. The van der Waals surface area contributed by atoms with E-state index < -0.39 is 5.91 Å². The molecular weight excluding hydrogens is 392 g/mol. The lowest BCUT2D eigenvalue weighted by atomic mass is 10.1. The molecule has 0 saturated heterocycles. The van der Waals surface area contributed by atoms with E-state index in [4.69, 9.17) is 5.73 Å². The lowest BCUT2D eigenvalue weighted by Crippen LogP contribution is -2.33. The molecule has 0 atom stereocenters. The van der Waals surface area contributed by atoms with Gasteiger partial charge in [-0.15, -0.1) is 0 Å². The number of nitrogens with one attached hydrogen (secondary N) is 1. The summed E-state index contributed by atoms with van der Waals surface area (Å²) in [6.07, 6.45) is 1.49. The van der Waals surface area contributed by atoms with E-state index in [9.17, 15) is 9.59 Å². The van der Waals surface area contributed by atoms with Crippen LogP contribution < -0.4 is 11.1 Å². The summed E-state index contributed by atoms with van der Waals surface area (Å²) in [4.78, 5) is 37.6. The van der Waals surface area contributed by atoms with Gasteiger partial charge in [0.25, 0.3) is 11.8 Å². The van der Waals surface area contributed by atoms with Crippen LogP contribution in [0.15, 0.2) is 60.8 Å². The molecule has 0 saturated carbocycles. The molecule has 31 heavy (non-hydrogen) atoms. The van der Waals surface area contributed by atoms with Crippen LogP contribution in [0, 0.1) is 0 Å². The van der Waals surface area contributed by atoms with Gasteiger partial charge in [-0.05, 0) is 38.4 Å². The van der Waals surface area contributed by atoms with Gasteiger partial charge in [0.1, 0.15) is 0 Å².